The molecule has 0 aromatic heterocycles. The van der Waals surface area contributed by atoms with Crippen LogP contribution in [0.15, 0.2) is 0 Å². The van der Waals surface area contributed by atoms with Gasteiger partial charge in [-0.3, -0.25) is 0 Å². The van der Waals surface area contributed by atoms with E-state index in [1.54, 1.807) is 13.8 Å². The molecule has 0 amide bonds. The van der Waals surface area contributed by atoms with E-state index in [0.29, 0.717) is 0 Å². The van der Waals surface area contributed by atoms with E-state index in [0.717, 1.165) is 0 Å². The average Bonchev–Trinajstić information content (AvgIpc) is 2.25. The summed E-state index contributed by atoms with van der Waals surface area (Å²) >= 11 is 0. The van der Waals surface area contributed by atoms with Crippen LogP contribution in [0.3, 0.4) is 0 Å². The first-order valence-electron chi connectivity index (χ1n) is 3.75. The molecule has 0 radical (unpaired) electrons. The van der Waals surface area contributed by atoms with Crippen LogP contribution in [0, 0.1) is 0 Å². The van der Waals surface area contributed by atoms with E-state index in [9.17, 15) is 4.79 Å². The molecule has 1 aliphatic rings. The van der Waals surface area contributed by atoms with E-state index < -0.39 is 24.0 Å². The molecule has 0 saturated carbocycles. The number of nitrogens with two attached hydrogens (primary N) is 1. The molecule has 1 heterocycles. The van der Waals surface area contributed by atoms with Gasteiger partial charge in [0.2, 0.25) is 0 Å². The predicted octanol–water partition coefficient (Wildman–Crippen LogP) is -0.450. The van der Waals surface area contributed by atoms with Crippen molar-refractivity contribution < 1.29 is 19.4 Å². The number of carbonyl (C=O) groups is 1. The molecule has 0 spiro atoms. The van der Waals surface area contributed by atoms with Crippen molar-refractivity contribution >= 4 is 5.97 Å². The lowest BCUT2D eigenvalue weighted by Crippen LogP contribution is -2.36. The second-order valence-corrected chi connectivity index (χ2v) is 3.17. The number of aliphatic carboxylic acids is 1. The van der Waals surface area contributed by atoms with Crippen LogP contribution in [0.2, 0.25) is 0 Å². The molecule has 3 N–H and O–H groups in total. The van der Waals surface area contributed by atoms with Gasteiger partial charge >= 0.3 is 5.97 Å². The lowest BCUT2D eigenvalue weighted by molar-refractivity contribution is -0.165. The van der Waals surface area contributed by atoms with Crippen LogP contribution in [0.1, 0.15) is 13.8 Å². The van der Waals surface area contributed by atoms with Crippen LogP contribution in [0.25, 0.3) is 0 Å². The highest BCUT2D eigenvalue weighted by molar-refractivity contribution is 5.73. The highest BCUT2D eigenvalue weighted by atomic mass is 16.8. The lowest BCUT2D eigenvalue weighted by atomic mass is 10.2. The van der Waals surface area contributed by atoms with Gasteiger partial charge in [-0.25, -0.2) is 4.79 Å². The van der Waals surface area contributed by atoms with Crippen LogP contribution < -0.4 is 5.73 Å². The molecule has 5 nitrogen and oxygen atoms in total. The van der Waals surface area contributed by atoms with Gasteiger partial charge in [0.1, 0.15) is 6.10 Å². The quantitative estimate of drug-likeness (QED) is 0.594. The molecule has 70 valence electrons. The van der Waals surface area contributed by atoms with Gasteiger partial charge in [-0.1, -0.05) is 0 Å². The SMILES string of the molecule is CC1(C)O[C@H](CN)[C@H](C(=O)O)O1. The molecular formula is C7H13NO4. The average molecular weight is 175 g/mol. The van der Waals surface area contributed by atoms with E-state index in [-0.39, 0.29) is 6.54 Å². The molecule has 1 saturated heterocycles. The van der Waals surface area contributed by atoms with E-state index in [2.05, 4.69) is 0 Å². The molecule has 0 aromatic carbocycles. The number of hydrogen-bond donors (Lipinski definition) is 2. The zero-order chi connectivity index (χ0) is 9.35. The highest BCUT2D eigenvalue weighted by Crippen LogP contribution is 2.27. The van der Waals surface area contributed by atoms with E-state index in [4.69, 9.17) is 20.3 Å². The monoisotopic (exact) mass is 175 g/mol. The Morgan fingerprint density at radius 3 is 2.50 bits per heavy atom. The summed E-state index contributed by atoms with van der Waals surface area (Å²) in [7, 11) is 0. The summed E-state index contributed by atoms with van der Waals surface area (Å²) in [5, 5.41) is 8.69. The topological polar surface area (TPSA) is 81.8 Å². The third-order valence-electron chi connectivity index (χ3n) is 1.66. The van der Waals surface area contributed by atoms with Gasteiger partial charge in [-0.15, -0.1) is 0 Å². The van der Waals surface area contributed by atoms with Crippen LogP contribution >= 0.6 is 0 Å². The maximum absolute atomic E-state index is 10.6. The maximum Gasteiger partial charge on any atom is 0.335 e. The van der Waals surface area contributed by atoms with Crippen molar-refractivity contribution in [1.82, 2.24) is 0 Å². The van der Waals surface area contributed by atoms with Crippen molar-refractivity contribution in [2.45, 2.75) is 31.8 Å². The van der Waals surface area contributed by atoms with Gasteiger partial charge in [0.25, 0.3) is 0 Å². The summed E-state index contributed by atoms with van der Waals surface area (Å²) in [6, 6.07) is 0. The maximum atomic E-state index is 10.6. The van der Waals surface area contributed by atoms with Crippen LogP contribution in [-0.2, 0) is 14.3 Å². The molecule has 1 rings (SSSR count). The van der Waals surface area contributed by atoms with Gasteiger partial charge in [-0.05, 0) is 13.8 Å². The molecule has 2 atom stereocenters. The number of ether oxygens (including phenoxy) is 2. The number of carboxylic acids is 1. The first kappa shape index (κ1) is 9.44. The Labute approximate surface area is 70.4 Å². The molecule has 0 aliphatic carbocycles. The zero-order valence-electron chi connectivity index (χ0n) is 7.11. The molecule has 5 heteroatoms. The van der Waals surface area contributed by atoms with E-state index >= 15 is 0 Å². The third kappa shape index (κ3) is 1.74. The largest absolute Gasteiger partial charge is 0.479 e. The summed E-state index contributed by atoms with van der Waals surface area (Å²) in [5.41, 5.74) is 5.31. The Morgan fingerprint density at radius 1 is 1.58 bits per heavy atom. The summed E-state index contributed by atoms with van der Waals surface area (Å²) in [6.45, 7) is 3.48. The van der Waals surface area contributed by atoms with Gasteiger partial charge in [0.05, 0.1) is 0 Å². The first-order valence-corrected chi connectivity index (χ1v) is 3.75. The van der Waals surface area contributed by atoms with Crippen LogP contribution in [-0.4, -0.2) is 35.6 Å². The standard InChI is InChI=1S/C7H13NO4/c1-7(2)11-4(3-8)5(12-7)6(9)10/h4-5H,3,8H2,1-2H3,(H,9,10)/t4-,5-/m1/s1. The summed E-state index contributed by atoms with van der Waals surface area (Å²) in [6.07, 6.45) is -1.48. The molecular weight excluding hydrogens is 162 g/mol. The minimum absolute atomic E-state index is 0.153. The number of carboxylic acid groups (broad SMARTS) is 1. The molecule has 0 aromatic rings. The van der Waals surface area contributed by atoms with Crippen molar-refractivity contribution in [3.05, 3.63) is 0 Å². The van der Waals surface area contributed by atoms with Crippen molar-refractivity contribution in [3.63, 3.8) is 0 Å². The van der Waals surface area contributed by atoms with Gasteiger partial charge in [0.15, 0.2) is 11.9 Å². The molecule has 0 bridgehead atoms. The summed E-state index contributed by atoms with van der Waals surface area (Å²) in [5.74, 6) is -1.87. The van der Waals surface area contributed by atoms with Crippen molar-refractivity contribution in [3.8, 4) is 0 Å². The predicted molar refractivity (Wildman–Crippen MR) is 40.5 cm³/mol. The Morgan fingerprint density at radius 2 is 2.17 bits per heavy atom. The molecule has 0 unspecified atom stereocenters. The lowest BCUT2D eigenvalue weighted by Gasteiger charge is -2.15. The Balaban J connectivity index is 2.69. The van der Waals surface area contributed by atoms with Gasteiger partial charge in [0, 0.05) is 6.54 Å². The normalized spacial score (nSPS) is 33.6. The van der Waals surface area contributed by atoms with E-state index in [1.165, 1.54) is 0 Å². The summed E-state index contributed by atoms with van der Waals surface area (Å²) in [4.78, 5) is 10.6. The molecule has 12 heavy (non-hydrogen) atoms. The smallest absolute Gasteiger partial charge is 0.335 e. The van der Waals surface area contributed by atoms with Crippen molar-refractivity contribution in [2.24, 2.45) is 5.73 Å². The number of rotatable bonds is 2. The minimum Gasteiger partial charge on any atom is -0.479 e. The number of hydrogen-bond acceptors (Lipinski definition) is 4. The molecule has 1 aliphatic heterocycles. The second kappa shape index (κ2) is 3.01. The second-order valence-electron chi connectivity index (χ2n) is 3.17. The fourth-order valence-corrected chi connectivity index (χ4v) is 1.22. The third-order valence-corrected chi connectivity index (χ3v) is 1.66. The fourth-order valence-electron chi connectivity index (χ4n) is 1.22. The van der Waals surface area contributed by atoms with Crippen LogP contribution in [0.4, 0.5) is 0 Å². The van der Waals surface area contributed by atoms with E-state index in [1.807, 2.05) is 0 Å². The first-order chi connectivity index (χ1) is 5.46. The Hall–Kier alpha value is -0.650. The minimum atomic E-state index is -1.03. The van der Waals surface area contributed by atoms with Crippen molar-refractivity contribution in [1.29, 1.82) is 0 Å². The Kier molecular flexibility index (Phi) is 2.36. The van der Waals surface area contributed by atoms with Crippen LogP contribution in [0.5, 0.6) is 0 Å². The highest BCUT2D eigenvalue weighted by Gasteiger charge is 2.44. The van der Waals surface area contributed by atoms with Gasteiger partial charge in [-0.2, -0.15) is 0 Å². The zero-order valence-corrected chi connectivity index (χ0v) is 7.11. The summed E-state index contributed by atoms with van der Waals surface area (Å²) < 4.78 is 10.4. The van der Waals surface area contributed by atoms with Gasteiger partial charge < -0.3 is 20.3 Å². The fraction of sp³-hybridized carbons (Fsp3) is 0.857. The van der Waals surface area contributed by atoms with Crippen molar-refractivity contribution in [2.75, 3.05) is 6.54 Å². The molecule has 1 fully saturated rings. The Bertz CT molecular complexity index is 192.